The summed E-state index contributed by atoms with van der Waals surface area (Å²) in [5.74, 6) is 0.325. The molecule has 7 nitrogen and oxygen atoms in total. The summed E-state index contributed by atoms with van der Waals surface area (Å²) in [4.78, 5) is 35.1. The molecule has 0 radical (unpaired) electrons. The second kappa shape index (κ2) is 10.8. The van der Waals surface area contributed by atoms with Gasteiger partial charge in [0.2, 0.25) is 11.8 Å². The van der Waals surface area contributed by atoms with Crippen LogP contribution in [0.3, 0.4) is 0 Å². The lowest BCUT2D eigenvalue weighted by Gasteiger charge is -2.33. The molecule has 0 saturated carbocycles. The lowest BCUT2D eigenvalue weighted by Crippen LogP contribution is -2.49. The van der Waals surface area contributed by atoms with E-state index in [0.29, 0.717) is 19.5 Å². The number of thiazole rings is 1. The standard InChI is InChI=1S/C23H31N5O2S/c29-21(24-9-5-11-28-10-4-8-22(28)30)17-27-14-12-26(13-15-27)16-20-18-31-23(25-20)19-6-2-1-3-7-19/h1-3,6-7,18H,4-5,8-17H2,(H,24,29). The minimum absolute atomic E-state index is 0.0770. The zero-order valence-corrected chi connectivity index (χ0v) is 18.8. The first kappa shape index (κ1) is 21.9. The molecule has 2 aliphatic heterocycles. The van der Waals surface area contributed by atoms with Crippen molar-refractivity contribution < 1.29 is 9.59 Å². The Hall–Kier alpha value is -2.29. The van der Waals surface area contributed by atoms with Gasteiger partial charge in [-0.1, -0.05) is 30.3 Å². The monoisotopic (exact) mass is 441 g/mol. The van der Waals surface area contributed by atoms with Gasteiger partial charge in [-0.3, -0.25) is 19.4 Å². The minimum atomic E-state index is 0.0770. The molecule has 0 unspecified atom stereocenters. The van der Waals surface area contributed by atoms with Gasteiger partial charge in [0.05, 0.1) is 12.2 Å². The van der Waals surface area contributed by atoms with Crippen LogP contribution in [-0.2, 0) is 16.1 Å². The van der Waals surface area contributed by atoms with Crippen molar-refractivity contribution >= 4 is 23.2 Å². The lowest BCUT2D eigenvalue weighted by atomic mass is 10.2. The van der Waals surface area contributed by atoms with Gasteiger partial charge < -0.3 is 10.2 Å². The van der Waals surface area contributed by atoms with Gasteiger partial charge in [0.15, 0.2) is 0 Å². The number of nitrogens with zero attached hydrogens (tertiary/aromatic N) is 4. The molecule has 1 N–H and O–H groups in total. The Morgan fingerprint density at radius 1 is 1.06 bits per heavy atom. The van der Waals surface area contributed by atoms with E-state index in [9.17, 15) is 9.59 Å². The van der Waals surface area contributed by atoms with Gasteiger partial charge in [-0.15, -0.1) is 11.3 Å². The third kappa shape index (κ3) is 6.35. The fourth-order valence-electron chi connectivity index (χ4n) is 4.12. The number of aromatic nitrogens is 1. The van der Waals surface area contributed by atoms with Crippen molar-refractivity contribution in [2.45, 2.75) is 25.8 Å². The molecule has 3 heterocycles. The summed E-state index contributed by atoms with van der Waals surface area (Å²) in [7, 11) is 0. The van der Waals surface area contributed by atoms with Crippen molar-refractivity contribution in [2.24, 2.45) is 0 Å². The number of carbonyl (C=O) groups is 2. The molecule has 1 aromatic heterocycles. The number of amides is 2. The minimum Gasteiger partial charge on any atom is -0.355 e. The molecular formula is C23H31N5O2S. The van der Waals surface area contributed by atoms with E-state index in [1.54, 1.807) is 11.3 Å². The first-order valence-corrected chi connectivity index (χ1v) is 12.0. The molecule has 0 bridgehead atoms. The van der Waals surface area contributed by atoms with Gasteiger partial charge in [0, 0.05) is 69.7 Å². The maximum absolute atomic E-state index is 12.2. The predicted molar refractivity (Wildman–Crippen MR) is 123 cm³/mol. The van der Waals surface area contributed by atoms with Crippen molar-refractivity contribution in [3.63, 3.8) is 0 Å². The number of piperazine rings is 1. The second-order valence-electron chi connectivity index (χ2n) is 8.25. The van der Waals surface area contributed by atoms with E-state index in [0.717, 1.165) is 69.4 Å². The van der Waals surface area contributed by atoms with Gasteiger partial charge in [-0.05, 0) is 12.8 Å². The van der Waals surface area contributed by atoms with Crippen LogP contribution in [0.25, 0.3) is 10.6 Å². The number of benzene rings is 1. The average Bonchev–Trinajstić information content (AvgIpc) is 3.42. The van der Waals surface area contributed by atoms with Crippen LogP contribution in [0.5, 0.6) is 0 Å². The van der Waals surface area contributed by atoms with Crippen LogP contribution in [-0.4, -0.2) is 83.9 Å². The summed E-state index contributed by atoms with van der Waals surface area (Å²) >= 11 is 1.69. The lowest BCUT2D eigenvalue weighted by molar-refractivity contribution is -0.127. The largest absolute Gasteiger partial charge is 0.355 e. The van der Waals surface area contributed by atoms with Crippen LogP contribution in [0.2, 0.25) is 0 Å². The number of likely N-dealkylation sites (tertiary alicyclic amines) is 1. The molecule has 2 aliphatic rings. The summed E-state index contributed by atoms with van der Waals surface area (Å²) in [6.45, 7) is 7.24. The summed E-state index contributed by atoms with van der Waals surface area (Å²) in [6.07, 6.45) is 2.46. The average molecular weight is 442 g/mol. The molecule has 0 spiro atoms. The summed E-state index contributed by atoms with van der Waals surface area (Å²) in [5, 5.41) is 6.22. The molecule has 0 aliphatic carbocycles. The zero-order chi connectivity index (χ0) is 21.5. The maximum atomic E-state index is 12.2. The van der Waals surface area contributed by atoms with Crippen LogP contribution >= 0.6 is 11.3 Å². The van der Waals surface area contributed by atoms with Gasteiger partial charge in [-0.25, -0.2) is 4.98 Å². The SMILES string of the molecule is O=C(CN1CCN(Cc2csc(-c3ccccc3)n2)CC1)NCCCN1CCCC1=O. The van der Waals surface area contributed by atoms with Crippen LogP contribution in [0.1, 0.15) is 25.0 Å². The van der Waals surface area contributed by atoms with E-state index in [-0.39, 0.29) is 11.8 Å². The highest BCUT2D eigenvalue weighted by atomic mass is 32.1. The van der Waals surface area contributed by atoms with E-state index < -0.39 is 0 Å². The molecule has 2 saturated heterocycles. The zero-order valence-electron chi connectivity index (χ0n) is 18.0. The van der Waals surface area contributed by atoms with E-state index in [1.165, 1.54) is 5.56 Å². The summed E-state index contributed by atoms with van der Waals surface area (Å²) in [5.41, 5.74) is 2.29. The number of rotatable bonds is 9. The van der Waals surface area contributed by atoms with Crippen LogP contribution in [0.15, 0.2) is 35.7 Å². The van der Waals surface area contributed by atoms with E-state index >= 15 is 0 Å². The number of hydrogen-bond donors (Lipinski definition) is 1. The van der Waals surface area contributed by atoms with Crippen LogP contribution in [0.4, 0.5) is 0 Å². The third-order valence-corrected chi connectivity index (χ3v) is 6.83. The number of hydrogen-bond acceptors (Lipinski definition) is 6. The molecule has 166 valence electrons. The predicted octanol–water partition coefficient (Wildman–Crippen LogP) is 2.06. The van der Waals surface area contributed by atoms with Crippen molar-refractivity contribution in [3.8, 4) is 10.6 Å². The van der Waals surface area contributed by atoms with Crippen molar-refractivity contribution in [2.75, 3.05) is 52.4 Å². The van der Waals surface area contributed by atoms with Crippen LogP contribution < -0.4 is 5.32 Å². The van der Waals surface area contributed by atoms with E-state index in [1.807, 2.05) is 23.1 Å². The topological polar surface area (TPSA) is 68.8 Å². The highest BCUT2D eigenvalue weighted by Crippen LogP contribution is 2.24. The van der Waals surface area contributed by atoms with Gasteiger partial charge in [0.25, 0.3) is 0 Å². The Bertz CT molecular complexity index is 864. The van der Waals surface area contributed by atoms with Crippen molar-refractivity contribution in [1.29, 1.82) is 0 Å². The Morgan fingerprint density at radius 2 is 1.84 bits per heavy atom. The summed E-state index contributed by atoms with van der Waals surface area (Å²) < 4.78 is 0. The normalized spacial score (nSPS) is 17.9. The third-order valence-electron chi connectivity index (χ3n) is 5.89. The molecule has 1 aromatic carbocycles. The quantitative estimate of drug-likeness (QED) is 0.604. The molecule has 2 fully saturated rings. The first-order valence-electron chi connectivity index (χ1n) is 11.2. The Morgan fingerprint density at radius 3 is 2.58 bits per heavy atom. The Labute approximate surface area is 188 Å². The second-order valence-corrected chi connectivity index (χ2v) is 9.11. The smallest absolute Gasteiger partial charge is 0.234 e. The number of nitrogens with one attached hydrogen (secondary N) is 1. The molecule has 4 rings (SSSR count). The Balaban J connectivity index is 1.12. The van der Waals surface area contributed by atoms with E-state index in [4.69, 9.17) is 4.98 Å². The van der Waals surface area contributed by atoms with Crippen molar-refractivity contribution in [1.82, 2.24) is 25.0 Å². The summed E-state index contributed by atoms with van der Waals surface area (Å²) in [6, 6.07) is 10.3. The van der Waals surface area contributed by atoms with Gasteiger partial charge in [0.1, 0.15) is 5.01 Å². The molecule has 31 heavy (non-hydrogen) atoms. The highest BCUT2D eigenvalue weighted by Gasteiger charge is 2.21. The molecule has 8 heteroatoms. The Kier molecular flexibility index (Phi) is 7.66. The maximum Gasteiger partial charge on any atom is 0.234 e. The fraction of sp³-hybridized carbons (Fsp3) is 0.522. The number of carbonyl (C=O) groups excluding carboxylic acids is 2. The van der Waals surface area contributed by atoms with Gasteiger partial charge in [-0.2, -0.15) is 0 Å². The highest BCUT2D eigenvalue weighted by molar-refractivity contribution is 7.13. The fourth-order valence-corrected chi connectivity index (χ4v) is 4.94. The molecular weight excluding hydrogens is 410 g/mol. The van der Waals surface area contributed by atoms with E-state index in [2.05, 4.69) is 32.6 Å². The molecule has 0 atom stereocenters. The van der Waals surface area contributed by atoms with Gasteiger partial charge >= 0.3 is 0 Å². The molecule has 2 aromatic rings. The first-order chi connectivity index (χ1) is 15.2. The molecule has 2 amide bonds. The van der Waals surface area contributed by atoms with Crippen molar-refractivity contribution in [3.05, 3.63) is 41.4 Å². The van der Waals surface area contributed by atoms with Crippen LogP contribution in [0, 0.1) is 0 Å².